The van der Waals surface area contributed by atoms with E-state index in [1.165, 1.54) is 52.2 Å². The summed E-state index contributed by atoms with van der Waals surface area (Å²) in [6.45, 7) is 13.8. The van der Waals surface area contributed by atoms with Gasteiger partial charge in [-0.15, -0.1) is 0 Å². The molecule has 0 N–H and O–H groups in total. The van der Waals surface area contributed by atoms with Crippen LogP contribution in [0.5, 0.6) is 11.5 Å². The zero-order chi connectivity index (χ0) is 35.7. The van der Waals surface area contributed by atoms with Crippen molar-refractivity contribution in [1.29, 1.82) is 0 Å². The maximum absolute atomic E-state index is 13.8. The first-order valence-corrected chi connectivity index (χ1v) is 20.1. The van der Waals surface area contributed by atoms with Crippen LogP contribution in [0.25, 0.3) is 21.5 Å². The van der Waals surface area contributed by atoms with E-state index in [-0.39, 0.29) is 22.7 Å². The van der Waals surface area contributed by atoms with Crippen molar-refractivity contribution in [3.63, 3.8) is 0 Å². The van der Waals surface area contributed by atoms with E-state index in [4.69, 9.17) is 9.47 Å². The Balaban J connectivity index is 0.000000192. The molecule has 0 radical (unpaired) electrons. The van der Waals surface area contributed by atoms with Gasteiger partial charge in [-0.1, -0.05) is 97.7 Å². The third-order valence-corrected chi connectivity index (χ3v) is 12.6. The largest absolute Gasteiger partial charge is 0.490 e. The van der Waals surface area contributed by atoms with Crippen molar-refractivity contribution in [2.24, 2.45) is 22.7 Å². The molecule has 2 nitrogen and oxygen atoms in total. The Hall–Kier alpha value is -1.52. The molecule has 4 aromatic rings. The zero-order valence-corrected chi connectivity index (χ0v) is 34.7. The first kappa shape index (κ1) is 38.7. The molecule has 8 heteroatoms. The van der Waals surface area contributed by atoms with Gasteiger partial charge in [0.15, 0.2) is 0 Å². The second kappa shape index (κ2) is 15.6. The monoisotopic (exact) mass is 914 g/mol. The lowest BCUT2D eigenvalue weighted by atomic mass is 9.72. The van der Waals surface area contributed by atoms with Crippen molar-refractivity contribution in [3.8, 4) is 11.5 Å². The van der Waals surface area contributed by atoms with Crippen LogP contribution >= 0.6 is 54.5 Å². The molecule has 2 aliphatic rings. The highest BCUT2D eigenvalue weighted by Gasteiger charge is 2.38. The maximum Gasteiger partial charge on any atom is 0.420 e. The van der Waals surface area contributed by atoms with Crippen LogP contribution in [0.4, 0.5) is 13.2 Å². The first-order chi connectivity index (χ1) is 22.9. The molecule has 0 heterocycles. The second-order valence-corrected chi connectivity index (χ2v) is 18.9. The van der Waals surface area contributed by atoms with Crippen molar-refractivity contribution in [3.05, 3.63) is 78.7 Å². The Morgan fingerprint density at radius 2 is 0.980 bits per heavy atom. The molecule has 2 fully saturated rings. The summed E-state index contributed by atoms with van der Waals surface area (Å²) in [5.74, 6) is 2.42. The van der Waals surface area contributed by atoms with Crippen LogP contribution in [-0.4, -0.2) is 12.2 Å². The topological polar surface area (TPSA) is 18.5 Å². The fraction of sp³-hybridized carbons (Fsp3) is 0.512. The zero-order valence-electron chi connectivity index (χ0n) is 29.3. The fourth-order valence-electron chi connectivity index (χ4n) is 7.46. The van der Waals surface area contributed by atoms with E-state index in [1.54, 1.807) is 18.2 Å². The minimum absolute atomic E-state index is 0.0495. The molecular formula is C41H48Br2F3IO2. The summed E-state index contributed by atoms with van der Waals surface area (Å²) in [5, 5.41) is 3.26. The number of benzene rings is 4. The number of alkyl halides is 3. The summed E-state index contributed by atoms with van der Waals surface area (Å²) in [4.78, 5) is 0. The summed E-state index contributed by atoms with van der Waals surface area (Å²) in [6.07, 6.45) is 4.29. The molecule has 266 valence electrons. The normalized spacial score (nSPS) is 22.0. The SMILES string of the molecule is CC(C)(C)C1CCC(Oc2ccc3cc(Br)ccc3c2C(F)(F)F)CC1.CC(C)(C)C1CCC(Oc2ccc3cc(Br)ccc3c2I)CC1. The van der Waals surface area contributed by atoms with Crippen LogP contribution in [0.1, 0.15) is 98.5 Å². The number of hydrogen-bond donors (Lipinski definition) is 0. The molecule has 6 rings (SSSR count). The van der Waals surface area contributed by atoms with Crippen molar-refractivity contribution < 1.29 is 22.6 Å². The summed E-state index contributed by atoms with van der Waals surface area (Å²) in [5.41, 5.74) is -0.00538. The van der Waals surface area contributed by atoms with Crippen molar-refractivity contribution in [1.82, 2.24) is 0 Å². The second-order valence-electron chi connectivity index (χ2n) is 16.0. The van der Waals surface area contributed by atoms with Gasteiger partial charge in [0.2, 0.25) is 0 Å². The van der Waals surface area contributed by atoms with Gasteiger partial charge in [-0.05, 0) is 155 Å². The highest BCUT2D eigenvalue weighted by Crippen LogP contribution is 2.45. The van der Waals surface area contributed by atoms with Gasteiger partial charge in [-0.25, -0.2) is 0 Å². The van der Waals surface area contributed by atoms with Crippen LogP contribution in [-0.2, 0) is 6.18 Å². The number of hydrogen-bond acceptors (Lipinski definition) is 2. The predicted molar refractivity (Wildman–Crippen MR) is 213 cm³/mol. The molecular weight excluding hydrogens is 868 g/mol. The minimum atomic E-state index is -4.45. The van der Waals surface area contributed by atoms with Gasteiger partial charge in [0.25, 0.3) is 0 Å². The van der Waals surface area contributed by atoms with E-state index in [0.717, 1.165) is 46.3 Å². The predicted octanol–water partition coefficient (Wildman–Crippen LogP) is 14.8. The van der Waals surface area contributed by atoms with E-state index in [9.17, 15) is 13.2 Å². The van der Waals surface area contributed by atoms with E-state index in [0.29, 0.717) is 22.8 Å². The summed E-state index contributed by atoms with van der Waals surface area (Å²) < 4.78 is 56.6. The Labute approximate surface area is 320 Å². The third-order valence-electron chi connectivity index (χ3n) is 10.5. The Kier molecular flexibility index (Phi) is 12.3. The smallest absolute Gasteiger partial charge is 0.420 e. The molecule has 0 bridgehead atoms. The summed E-state index contributed by atoms with van der Waals surface area (Å²) in [6, 6.07) is 18.7. The number of rotatable bonds is 4. The van der Waals surface area contributed by atoms with Gasteiger partial charge < -0.3 is 9.47 Å². The summed E-state index contributed by atoms with van der Waals surface area (Å²) >= 11 is 9.28. The van der Waals surface area contributed by atoms with Gasteiger partial charge >= 0.3 is 6.18 Å². The highest BCUT2D eigenvalue weighted by atomic mass is 127. The van der Waals surface area contributed by atoms with E-state index in [2.05, 4.69) is 126 Å². The van der Waals surface area contributed by atoms with Gasteiger partial charge in [0.1, 0.15) is 17.1 Å². The quantitative estimate of drug-likeness (QED) is 0.190. The number of fused-ring (bicyclic) bond motifs is 2. The molecule has 0 amide bonds. The maximum atomic E-state index is 13.8. The van der Waals surface area contributed by atoms with E-state index < -0.39 is 11.7 Å². The Bertz CT molecular complexity index is 1740. The van der Waals surface area contributed by atoms with E-state index >= 15 is 0 Å². The molecule has 0 spiro atoms. The van der Waals surface area contributed by atoms with Crippen LogP contribution in [0, 0.1) is 26.2 Å². The van der Waals surface area contributed by atoms with Crippen molar-refractivity contribution in [2.75, 3.05) is 0 Å². The lowest BCUT2D eigenvalue weighted by Crippen LogP contribution is -2.31. The minimum Gasteiger partial charge on any atom is -0.490 e. The average Bonchev–Trinajstić information content (AvgIpc) is 3.02. The molecule has 0 aromatic heterocycles. The Morgan fingerprint density at radius 1 is 0.571 bits per heavy atom. The molecule has 4 aromatic carbocycles. The fourth-order valence-corrected chi connectivity index (χ4v) is 9.01. The van der Waals surface area contributed by atoms with E-state index in [1.807, 2.05) is 0 Å². The van der Waals surface area contributed by atoms with Crippen LogP contribution in [0.15, 0.2) is 69.6 Å². The molecule has 0 saturated heterocycles. The summed E-state index contributed by atoms with van der Waals surface area (Å²) in [7, 11) is 0. The van der Waals surface area contributed by atoms with Crippen LogP contribution in [0.2, 0.25) is 0 Å². The van der Waals surface area contributed by atoms with Gasteiger partial charge in [-0.2, -0.15) is 13.2 Å². The standard InChI is InChI=1S/C21H24BrF3O.C20H24BrIO/c1-20(2,3)14-5-8-16(9-6-14)26-18-11-4-13-12-15(22)7-10-17(13)19(18)21(23,24)25;1-20(2,3)14-5-8-16(9-6-14)23-18-11-4-13-12-15(21)7-10-17(13)19(18)22/h4,7,10-12,14,16H,5-6,8-9H2,1-3H3;4,7,10-12,14,16H,5-6,8-9H2,1-3H3. The first-order valence-electron chi connectivity index (χ1n) is 17.4. The Morgan fingerprint density at radius 3 is 1.43 bits per heavy atom. The number of ether oxygens (including phenoxy) is 2. The van der Waals surface area contributed by atoms with Gasteiger partial charge in [0.05, 0.1) is 15.8 Å². The van der Waals surface area contributed by atoms with Crippen LogP contribution in [0.3, 0.4) is 0 Å². The molecule has 0 aliphatic heterocycles. The molecule has 0 atom stereocenters. The number of halogens is 6. The third kappa shape index (κ3) is 9.88. The van der Waals surface area contributed by atoms with Gasteiger partial charge in [-0.3, -0.25) is 0 Å². The molecule has 2 aliphatic carbocycles. The lowest BCUT2D eigenvalue weighted by molar-refractivity contribution is -0.138. The molecule has 2 saturated carbocycles. The van der Waals surface area contributed by atoms with Crippen molar-refractivity contribution >= 4 is 76.0 Å². The highest BCUT2D eigenvalue weighted by molar-refractivity contribution is 14.1. The van der Waals surface area contributed by atoms with Gasteiger partial charge in [0, 0.05) is 8.95 Å². The lowest BCUT2D eigenvalue weighted by Gasteiger charge is -2.37. The molecule has 0 unspecified atom stereocenters. The van der Waals surface area contributed by atoms with Crippen molar-refractivity contribution in [2.45, 2.75) is 111 Å². The average molecular weight is 917 g/mol. The molecule has 49 heavy (non-hydrogen) atoms. The van der Waals surface area contributed by atoms with Crippen LogP contribution < -0.4 is 9.47 Å².